The minimum Gasteiger partial charge on any atom is -0.381 e. The number of hydrogen-bond acceptors (Lipinski definition) is 4. The summed E-state index contributed by atoms with van der Waals surface area (Å²) in [5.74, 6) is -0.536. The zero-order chi connectivity index (χ0) is 22.2. The van der Waals surface area contributed by atoms with Crippen molar-refractivity contribution in [3.63, 3.8) is 0 Å². The second-order valence-corrected chi connectivity index (χ2v) is 8.17. The van der Waals surface area contributed by atoms with Crippen molar-refractivity contribution < 1.29 is 18.7 Å². The summed E-state index contributed by atoms with van der Waals surface area (Å²) in [5.41, 5.74) is 1.74. The third-order valence-corrected chi connectivity index (χ3v) is 6.18. The van der Waals surface area contributed by atoms with E-state index >= 15 is 0 Å². The van der Waals surface area contributed by atoms with Gasteiger partial charge in [0.1, 0.15) is 18.0 Å². The average Bonchev–Trinajstić information content (AvgIpc) is 3.35. The van der Waals surface area contributed by atoms with Crippen molar-refractivity contribution in [3.05, 3.63) is 54.5 Å². The molecule has 166 valence electrons. The SMILES string of the molecule is COC1CC(NC(=O)CN2CCN(c3cccc4c3cnn4-c3ccccc3F)C2=O)C1. The number of carbonyl (C=O) groups is 2. The van der Waals surface area contributed by atoms with E-state index in [2.05, 4.69) is 10.4 Å². The summed E-state index contributed by atoms with van der Waals surface area (Å²) in [6, 6.07) is 11.8. The molecule has 32 heavy (non-hydrogen) atoms. The number of aromatic nitrogens is 2. The molecule has 3 amide bonds. The van der Waals surface area contributed by atoms with E-state index in [-0.39, 0.29) is 36.4 Å². The number of urea groups is 1. The number of amides is 3. The van der Waals surface area contributed by atoms with Crippen LogP contribution in [0.2, 0.25) is 0 Å². The number of halogens is 1. The molecule has 0 unspecified atom stereocenters. The molecule has 1 saturated carbocycles. The number of hydrogen-bond donors (Lipinski definition) is 1. The monoisotopic (exact) mass is 437 g/mol. The van der Waals surface area contributed by atoms with Crippen molar-refractivity contribution in [3.8, 4) is 5.69 Å². The Labute approximate surface area is 184 Å². The highest BCUT2D eigenvalue weighted by Gasteiger charge is 2.34. The quantitative estimate of drug-likeness (QED) is 0.643. The van der Waals surface area contributed by atoms with Crippen LogP contribution in [-0.4, -0.2) is 65.5 Å². The second kappa shape index (κ2) is 8.23. The van der Waals surface area contributed by atoms with E-state index < -0.39 is 0 Å². The molecule has 9 heteroatoms. The first-order valence-corrected chi connectivity index (χ1v) is 10.7. The van der Waals surface area contributed by atoms with E-state index in [0.29, 0.717) is 30.0 Å². The maximum atomic E-state index is 14.3. The first-order valence-electron chi connectivity index (χ1n) is 10.7. The Hall–Kier alpha value is -3.46. The molecule has 1 saturated heterocycles. The zero-order valence-corrected chi connectivity index (χ0v) is 17.7. The van der Waals surface area contributed by atoms with Crippen LogP contribution in [0.4, 0.5) is 14.9 Å². The van der Waals surface area contributed by atoms with Gasteiger partial charge in [-0.3, -0.25) is 9.69 Å². The van der Waals surface area contributed by atoms with Crippen LogP contribution < -0.4 is 10.2 Å². The van der Waals surface area contributed by atoms with Gasteiger partial charge in [0.2, 0.25) is 5.91 Å². The number of fused-ring (bicyclic) bond motifs is 1. The van der Waals surface area contributed by atoms with Crippen LogP contribution >= 0.6 is 0 Å². The van der Waals surface area contributed by atoms with Crippen molar-refractivity contribution in [1.82, 2.24) is 20.0 Å². The molecule has 8 nitrogen and oxygen atoms in total. The van der Waals surface area contributed by atoms with Gasteiger partial charge in [0.15, 0.2) is 0 Å². The number of carbonyl (C=O) groups excluding carboxylic acids is 2. The molecule has 2 aromatic carbocycles. The van der Waals surface area contributed by atoms with Crippen molar-refractivity contribution in [1.29, 1.82) is 0 Å². The molecule has 1 aliphatic heterocycles. The van der Waals surface area contributed by atoms with Gasteiger partial charge >= 0.3 is 6.03 Å². The number of nitrogens with zero attached hydrogens (tertiary/aromatic N) is 4. The standard InChI is InChI=1S/C23H24FN5O3/c1-32-16-11-15(12-16)26-22(30)14-27-9-10-28(23(27)31)19-7-4-8-20-17(19)13-25-29(20)21-6-3-2-5-18(21)24/h2-8,13,15-16H,9-12,14H2,1H3,(H,26,30). The maximum Gasteiger partial charge on any atom is 0.325 e. The summed E-state index contributed by atoms with van der Waals surface area (Å²) in [6.07, 6.45) is 3.45. The van der Waals surface area contributed by atoms with Crippen molar-refractivity contribution in [2.24, 2.45) is 0 Å². The van der Waals surface area contributed by atoms with E-state index in [1.165, 1.54) is 10.7 Å². The van der Waals surface area contributed by atoms with Crippen molar-refractivity contribution in [2.75, 3.05) is 31.6 Å². The van der Waals surface area contributed by atoms with Gasteiger partial charge in [0.05, 0.1) is 23.5 Å². The normalized spacial score (nSPS) is 20.6. The van der Waals surface area contributed by atoms with Gasteiger partial charge in [-0.05, 0) is 37.1 Å². The van der Waals surface area contributed by atoms with E-state index in [9.17, 15) is 14.0 Å². The number of ether oxygens (including phenoxy) is 1. The first kappa shape index (κ1) is 20.4. The van der Waals surface area contributed by atoms with Crippen LogP contribution in [-0.2, 0) is 9.53 Å². The van der Waals surface area contributed by atoms with Gasteiger partial charge in [-0.25, -0.2) is 13.9 Å². The molecule has 1 aliphatic carbocycles. The summed E-state index contributed by atoms with van der Waals surface area (Å²) in [4.78, 5) is 28.6. The third kappa shape index (κ3) is 3.58. The Bertz CT molecular complexity index is 1170. The summed E-state index contributed by atoms with van der Waals surface area (Å²) in [7, 11) is 1.67. The Kier molecular flexibility index (Phi) is 5.26. The molecule has 1 aromatic heterocycles. The topological polar surface area (TPSA) is 79.7 Å². The lowest BCUT2D eigenvalue weighted by atomic mass is 9.89. The van der Waals surface area contributed by atoms with E-state index in [1.54, 1.807) is 41.3 Å². The molecular weight excluding hydrogens is 413 g/mol. The van der Waals surface area contributed by atoms with Crippen LogP contribution in [0.5, 0.6) is 0 Å². The lowest BCUT2D eigenvalue weighted by Gasteiger charge is -2.34. The molecule has 1 N–H and O–H groups in total. The predicted octanol–water partition coefficient (Wildman–Crippen LogP) is 2.70. The van der Waals surface area contributed by atoms with Gasteiger partial charge in [-0.15, -0.1) is 0 Å². The molecule has 5 rings (SSSR count). The minimum atomic E-state index is -0.374. The first-order chi connectivity index (χ1) is 15.5. The minimum absolute atomic E-state index is 0.0218. The highest BCUT2D eigenvalue weighted by Crippen LogP contribution is 2.31. The Morgan fingerprint density at radius 2 is 1.94 bits per heavy atom. The van der Waals surface area contributed by atoms with Crippen LogP contribution in [0.25, 0.3) is 16.6 Å². The number of rotatable bonds is 6. The molecular formula is C23H24FN5O3. The van der Waals surface area contributed by atoms with Crippen LogP contribution in [0, 0.1) is 5.82 Å². The van der Waals surface area contributed by atoms with E-state index in [0.717, 1.165) is 18.2 Å². The van der Waals surface area contributed by atoms with E-state index in [4.69, 9.17) is 4.74 Å². The molecule has 3 aromatic rings. The van der Waals surface area contributed by atoms with Gasteiger partial charge in [0.25, 0.3) is 0 Å². The third-order valence-electron chi connectivity index (χ3n) is 6.18. The lowest BCUT2D eigenvalue weighted by molar-refractivity contribution is -0.123. The molecule has 0 atom stereocenters. The second-order valence-electron chi connectivity index (χ2n) is 8.17. The summed E-state index contributed by atoms with van der Waals surface area (Å²) < 4.78 is 21.1. The summed E-state index contributed by atoms with van der Waals surface area (Å²) >= 11 is 0. The largest absolute Gasteiger partial charge is 0.381 e. The number of anilines is 1. The molecule has 2 heterocycles. The predicted molar refractivity (Wildman–Crippen MR) is 117 cm³/mol. The van der Waals surface area contributed by atoms with Crippen molar-refractivity contribution >= 4 is 28.5 Å². The molecule has 0 radical (unpaired) electrons. The molecule has 2 fully saturated rings. The van der Waals surface area contributed by atoms with Gasteiger partial charge < -0.3 is 15.0 Å². The summed E-state index contributed by atoms with van der Waals surface area (Å²) in [6.45, 7) is 0.939. The average molecular weight is 437 g/mol. The van der Waals surface area contributed by atoms with Gasteiger partial charge in [0, 0.05) is 31.6 Å². The molecule has 0 spiro atoms. The highest BCUT2D eigenvalue weighted by atomic mass is 19.1. The maximum absolute atomic E-state index is 14.3. The lowest BCUT2D eigenvalue weighted by Crippen LogP contribution is -2.50. The smallest absolute Gasteiger partial charge is 0.325 e. The van der Waals surface area contributed by atoms with Crippen molar-refractivity contribution in [2.45, 2.75) is 25.0 Å². The molecule has 0 bridgehead atoms. The zero-order valence-electron chi connectivity index (χ0n) is 17.7. The fraction of sp³-hybridized carbons (Fsp3) is 0.348. The van der Waals surface area contributed by atoms with Crippen LogP contribution in [0.3, 0.4) is 0 Å². The Morgan fingerprint density at radius 3 is 2.72 bits per heavy atom. The molecule has 2 aliphatic rings. The number of nitrogens with one attached hydrogen (secondary N) is 1. The Morgan fingerprint density at radius 1 is 1.16 bits per heavy atom. The Balaban J connectivity index is 1.32. The van der Waals surface area contributed by atoms with Crippen LogP contribution in [0.15, 0.2) is 48.7 Å². The number of methoxy groups -OCH3 is 1. The number of para-hydroxylation sites is 1. The number of benzene rings is 2. The van der Waals surface area contributed by atoms with Gasteiger partial charge in [-0.2, -0.15) is 5.10 Å². The fourth-order valence-corrected chi connectivity index (χ4v) is 4.36. The highest BCUT2D eigenvalue weighted by molar-refractivity contribution is 6.04. The van der Waals surface area contributed by atoms with Crippen LogP contribution in [0.1, 0.15) is 12.8 Å². The fourth-order valence-electron chi connectivity index (χ4n) is 4.36. The van der Waals surface area contributed by atoms with Gasteiger partial charge in [-0.1, -0.05) is 18.2 Å². The van der Waals surface area contributed by atoms with E-state index in [1.807, 2.05) is 18.2 Å². The summed E-state index contributed by atoms with van der Waals surface area (Å²) in [5, 5.41) is 8.07.